The van der Waals surface area contributed by atoms with E-state index in [1.807, 2.05) is 58.1 Å². The second-order valence-electron chi connectivity index (χ2n) is 10.4. The van der Waals surface area contributed by atoms with E-state index < -0.39 is 0 Å². The van der Waals surface area contributed by atoms with Crippen molar-refractivity contribution in [3.63, 3.8) is 0 Å². The van der Waals surface area contributed by atoms with E-state index in [0.717, 1.165) is 71.2 Å². The number of hydrogen-bond donors (Lipinski definition) is 1. The van der Waals surface area contributed by atoms with E-state index in [-0.39, 0.29) is 11.8 Å². The van der Waals surface area contributed by atoms with Gasteiger partial charge in [-0.25, -0.2) is 9.97 Å². The predicted molar refractivity (Wildman–Crippen MR) is 150 cm³/mol. The highest BCUT2D eigenvalue weighted by Crippen LogP contribution is 2.42. The first kappa shape index (κ1) is 24.2. The van der Waals surface area contributed by atoms with Crippen LogP contribution in [-0.4, -0.2) is 52.1 Å². The van der Waals surface area contributed by atoms with Crippen molar-refractivity contribution in [2.75, 3.05) is 24.7 Å². The van der Waals surface area contributed by atoms with Gasteiger partial charge < -0.3 is 15.0 Å². The van der Waals surface area contributed by atoms with Crippen molar-refractivity contribution < 1.29 is 14.3 Å². The lowest BCUT2D eigenvalue weighted by atomic mass is 9.97. The average Bonchev–Trinajstić information content (AvgIpc) is 3.51. The number of imidazole rings is 1. The molecule has 4 aromatic rings. The van der Waals surface area contributed by atoms with Gasteiger partial charge in [-0.3, -0.25) is 14.2 Å². The summed E-state index contributed by atoms with van der Waals surface area (Å²) in [5, 5.41) is 3.09. The summed E-state index contributed by atoms with van der Waals surface area (Å²) >= 11 is 1.51. The summed E-state index contributed by atoms with van der Waals surface area (Å²) in [6, 6.07) is 15.8. The highest BCUT2D eigenvalue weighted by Gasteiger charge is 2.30. The molecule has 1 N–H and O–H groups in total. The molecule has 1 saturated carbocycles. The van der Waals surface area contributed by atoms with Crippen molar-refractivity contribution in [1.82, 2.24) is 19.9 Å². The first-order valence-corrected chi connectivity index (χ1v) is 14.4. The Morgan fingerprint density at radius 3 is 2.72 bits per heavy atom. The molecule has 2 fully saturated rings. The molecule has 0 atom stereocenters. The third kappa shape index (κ3) is 4.77. The SMILES string of the molecule is O=C(NC1CC1)c1cc2c(s1)-c1ccccc1N(C(=O)c1cccc(-n3cnc(C4CCOCC4)c3)n1)CC2. The summed E-state index contributed by atoms with van der Waals surface area (Å²) in [6.07, 6.45) is 8.51. The van der Waals surface area contributed by atoms with E-state index in [4.69, 9.17) is 9.72 Å². The molecular weight excluding hydrogens is 510 g/mol. The number of nitrogens with zero attached hydrogens (tertiary/aromatic N) is 4. The molecule has 0 spiro atoms. The minimum atomic E-state index is -0.143. The zero-order valence-electron chi connectivity index (χ0n) is 21.5. The molecule has 198 valence electrons. The maximum Gasteiger partial charge on any atom is 0.276 e. The number of carbonyl (C=O) groups is 2. The van der Waals surface area contributed by atoms with Crippen molar-refractivity contribution in [2.45, 2.75) is 44.1 Å². The molecule has 9 heteroatoms. The largest absolute Gasteiger partial charge is 0.381 e. The molecule has 8 nitrogen and oxygen atoms in total. The first-order valence-electron chi connectivity index (χ1n) is 13.6. The molecular formula is C30H29N5O3S. The molecule has 0 unspecified atom stereocenters. The minimum absolute atomic E-state index is 0.00137. The quantitative estimate of drug-likeness (QED) is 0.386. The minimum Gasteiger partial charge on any atom is -0.381 e. The smallest absolute Gasteiger partial charge is 0.276 e. The van der Waals surface area contributed by atoms with Crippen LogP contribution in [0.25, 0.3) is 16.3 Å². The second kappa shape index (κ2) is 10.1. The Morgan fingerprint density at radius 2 is 1.87 bits per heavy atom. The number of thiophene rings is 1. The summed E-state index contributed by atoms with van der Waals surface area (Å²) in [5.41, 5.74) is 4.34. The molecule has 5 heterocycles. The van der Waals surface area contributed by atoms with E-state index in [2.05, 4.69) is 10.3 Å². The van der Waals surface area contributed by atoms with Crippen LogP contribution in [0.5, 0.6) is 0 Å². The van der Waals surface area contributed by atoms with Crippen molar-refractivity contribution >= 4 is 28.8 Å². The topological polar surface area (TPSA) is 89.4 Å². The van der Waals surface area contributed by atoms with Gasteiger partial charge in [0.2, 0.25) is 0 Å². The summed E-state index contributed by atoms with van der Waals surface area (Å²) in [6.45, 7) is 2.03. The summed E-state index contributed by atoms with van der Waals surface area (Å²) in [7, 11) is 0. The number of anilines is 1. The number of carbonyl (C=O) groups excluding carboxylic acids is 2. The standard InChI is InChI=1S/C30H29N5O3S/c36-29(32-21-8-9-21)26-16-20-10-13-35(25-6-2-1-4-22(25)28(20)39-26)30(37)23-5-3-7-27(33-23)34-17-24(31-18-34)19-11-14-38-15-12-19/h1-7,16-19,21H,8-15H2,(H,32,36). The molecule has 0 radical (unpaired) electrons. The molecule has 1 aromatic carbocycles. The van der Waals surface area contributed by atoms with Gasteiger partial charge in [0.1, 0.15) is 17.8 Å². The third-order valence-electron chi connectivity index (χ3n) is 7.69. The Balaban J connectivity index is 1.16. The number of rotatable bonds is 5. The number of ether oxygens (including phenoxy) is 1. The van der Waals surface area contributed by atoms with Crippen molar-refractivity contribution in [3.8, 4) is 16.3 Å². The van der Waals surface area contributed by atoms with E-state index in [1.165, 1.54) is 11.3 Å². The first-order chi connectivity index (χ1) is 19.1. The molecule has 2 aliphatic heterocycles. The van der Waals surface area contributed by atoms with Gasteiger partial charge in [0.25, 0.3) is 11.8 Å². The predicted octanol–water partition coefficient (Wildman–Crippen LogP) is 4.98. The summed E-state index contributed by atoms with van der Waals surface area (Å²) in [4.78, 5) is 39.6. The molecule has 3 aromatic heterocycles. The molecule has 3 aliphatic rings. The van der Waals surface area contributed by atoms with Crippen LogP contribution in [0.3, 0.4) is 0 Å². The van der Waals surface area contributed by atoms with Gasteiger partial charge >= 0.3 is 0 Å². The lowest BCUT2D eigenvalue weighted by molar-refractivity contribution is 0.0845. The lowest BCUT2D eigenvalue weighted by Gasteiger charge is -2.23. The normalized spacial score (nSPS) is 17.3. The monoisotopic (exact) mass is 539 g/mol. The number of fused-ring (bicyclic) bond motifs is 3. The van der Waals surface area contributed by atoms with Gasteiger partial charge in [-0.1, -0.05) is 24.3 Å². The van der Waals surface area contributed by atoms with Gasteiger partial charge in [-0.15, -0.1) is 11.3 Å². The van der Waals surface area contributed by atoms with E-state index in [1.54, 1.807) is 12.4 Å². The van der Waals surface area contributed by atoms with E-state index >= 15 is 0 Å². The van der Waals surface area contributed by atoms with Crippen molar-refractivity contribution in [2.24, 2.45) is 0 Å². The second-order valence-corrected chi connectivity index (χ2v) is 11.5. The van der Waals surface area contributed by atoms with E-state index in [9.17, 15) is 9.59 Å². The number of benzene rings is 1. The van der Waals surface area contributed by atoms with Crippen molar-refractivity contribution in [3.05, 3.63) is 82.9 Å². The maximum absolute atomic E-state index is 13.9. The zero-order chi connectivity index (χ0) is 26.3. The van der Waals surface area contributed by atoms with Gasteiger partial charge in [0.05, 0.1) is 16.3 Å². The fourth-order valence-corrected chi connectivity index (χ4v) is 6.54. The number of amides is 2. The number of aromatic nitrogens is 3. The van der Waals surface area contributed by atoms with Gasteiger partial charge in [-0.05, 0) is 61.9 Å². The molecule has 0 bridgehead atoms. The Labute approximate surface area is 230 Å². The van der Waals surface area contributed by atoms with Crippen LogP contribution in [0.15, 0.2) is 61.1 Å². The number of nitrogens with one attached hydrogen (secondary N) is 1. The number of hydrogen-bond acceptors (Lipinski definition) is 6. The average molecular weight is 540 g/mol. The molecule has 39 heavy (non-hydrogen) atoms. The summed E-state index contributed by atoms with van der Waals surface area (Å²) in [5.74, 6) is 0.915. The fraction of sp³-hybridized carbons (Fsp3) is 0.333. The van der Waals surface area contributed by atoms with Crippen LogP contribution in [0.4, 0.5) is 5.69 Å². The lowest BCUT2D eigenvalue weighted by Crippen LogP contribution is -2.33. The molecule has 1 saturated heterocycles. The van der Waals surface area contributed by atoms with Crippen molar-refractivity contribution in [1.29, 1.82) is 0 Å². The van der Waals surface area contributed by atoms with Crippen LogP contribution in [0.1, 0.15) is 63.0 Å². The van der Waals surface area contributed by atoms with Crippen LogP contribution < -0.4 is 10.2 Å². The third-order valence-corrected chi connectivity index (χ3v) is 8.90. The number of pyridine rings is 1. The van der Waals surface area contributed by atoms with Gasteiger partial charge in [0.15, 0.2) is 0 Å². The van der Waals surface area contributed by atoms with E-state index in [0.29, 0.717) is 36.4 Å². The fourth-order valence-electron chi connectivity index (χ4n) is 5.40. The highest BCUT2D eigenvalue weighted by atomic mass is 32.1. The van der Waals surface area contributed by atoms with Crippen LogP contribution >= 0.6 is 11.3 Å². The molecule has 1 aliphatic carbocycles. The van der Waals surface area contributed by atoms with Gasteiger partial charge in [0, 0.05) is 48.4 Å². The van der Waals surface area contributed by atoms with Gasteiger partial charge in [-0.2, -0.15) is 0 Å². The van der Waals surface area contributed by atoms with Crippen LogP contribution in [0.2, 0.25) is 0 Å². The van der Waals surface area contributed by atoms with Crippen LogP contribution in [0, 0.1) is 0 Å². The Kier molecular flexibility index (Phi) is 6.25. The Morgan fingerprint density at radius 1 is 1.03 bits per heavy atom. The summed E-state index contributed by atoms with van der Waals surface area (Å²) < 4.78 is 7.38. The highest BCUT2D eigenvalue weighted by molar-refractivity contribution is 7.17. The van der Waals surface area contributed by atoms with Crippen LogP contribution in [-0.2, 0) is 11.2 Å². The zero-order valence-corrected chi connectivity index (χ0v) is 22.3. The number of para-hydroxylation sites is 1. The molecule has 2 amide bonds. The molecule has 7 rings (SSSR count). The Hall–Kier alpha value is -3.82. The maximum atomic E-state index is 13.9. The Bertz CT molecular complexity index is 1550.